The van der Waals surface area contributed by atoms with E-state index in [1.54, 1.807) is 0 Å². The van der Waals surface area contributed by atoms with Gasteiger partial charge in [0.2, 0.25) is 5.91 Å². The van der Waals surface area contributed by atoms with Crippen molar-refractivity contribution < 1.29 is 4.79 Å². The molecule has 2 atom stereocenters. The minimum atomic E-state index is -0.535. The summed E-state index contributed by atoms with van der Waals surface area (Å²) >= 11 is 0. The zero-order valence-corrected chi connectivity index (χ0v) is 17.9. The number of rotatable bonds is 6. The van der Waals surface area contributed by atoms with Gasteiger partial charge >= 0.3 is 0 Å². The quantitative estimate of drug-likeness (QED) is 0.650. The summed E-state index contributed by atoms with van der Waals surface area (Å²) in [7, 11) is -0.535. The summed E-state index contributed by atoms with van der Waals surface area (Å²) < 4.78 is 0. The van der Waals surface area contributed by atoms with Crippen LogP contribution in [-0.4, -0.2) is 28.5 Å². The Kier molecular flexibility index (Phi) is 6.71. The molecule has 0 saturated heterocycles. The third-order valence-electron chi connectivity index (χ3n) is 5.56. The van der Waals surface area contributed by atoms with Crippen molar-refractivity contribution >= 4 is 24.4 Å². The molecule has 2 aromatic carbocycles. The Morgan fingerprint density at radius 3 is 1.78 bits per heavy atom. The molecule has 1 fully saturated rings. The van der Waals surface area contributed by atoms with E-state index in [0.717, 1.165) is 19.3 Å². The van der Waals surface area contributed by atoms with Crippen LogP contribution in [0.15, 0.2) is 60.7 Å². The maximum Gasteiger partial charge on any atom is 0.226 e. The van der Waals surface area contributed by atoms with Gasteiger partial charge in [0.25, 0.3) is 0 Å². The van der Waals surface area contributed by atoms with E-state index in [1.807, 2.05) is 0 Å². The molecule has 0 heterocycles. The number of carbonyl (C=O) groups is 1. The van der Waals surface area contributed by atoms with Crippen LogP contribution >= 0.6 is 7.92 Å². The first-order valence-corrected chi connectivity index (χ1v) is 11.6. The summed E-state index contributed by atoms with van der Waals surface area (Å²) in [5.74, 6) is 0.503. The highest BCUT2D eigenvalue weighted by molar-refractivity contribution is 7.73. The topological polar surface area (TPSA) is 20.3 Å². The van der Waals surface area contributed by atoms with Crippen LogP contribution in [0.2, 0.25) is 0 Å². The summed E-state index contributed by atoms with van der Waals surface area (Å²) in [4.78, 5) is 15.6. The van der Waals surface area contributed by atoms with Crippen LogP contribution in [0.4, 0.5) is 0 Å². The van der Waals surface area contributed by atoms with E-state index in [-0.39, 0.29) is 18.0 Å². The van der Waals surface area contributed by atoms with E-state index in [9.17, 15) is 4.79 Å². The average Bonchev–Trinajstić information content (AvgIpc) is 3.12. The Balaban J connectivity index is 1.98. The van der Waals surface area contributed by atoms with Crippen LogP contribution in [0.5, 0.6) is 0 Å². The van der Waals surface area contributed by atoms with Crippen LogP contribution in [0.3, 0.4) is 0 Å². The summed E-state index contributed by atoms with van der Waals surface area (Å²) in [6.07, 6.45) is 3.33. The molecule has 1 aliphatic rings. The molecule has 1 saturated carbocycles. The second-order valence-corrected chi connectivity index (χ2v) is 10.5. The largest absolute Gasteiger partial charge is 0.338 e. The number of amides is 1. The van der Waals surface area contributed by atoms with Gasteiger partial charge in [-0.2, -0.15) is 0 Å². The first-order valence-electron chi connectivity index (χ1n) is 10.2. The lowest BCUT2D eigenvalue weighted by Gasteiger charge is -2.37. The minimum Gasteiger partial charge on any atom is -0.338 e. The van der Waals surface area contributed by atoms with Crippen LogP contribution in [0.25, 0.3) is 0 Å². The zero-order chi connectivity index (χ0) is 19.4. The third-order valence-corrected chi connectivity index (χ3v) is 8.55. The maximum atomic E-state index is 13.5. The van der Waals surface area contributed by atoms with Crippen molar-refractivity contribution in [3.8, 4) is 0 Å². The molecule has 0 aromatic heterocycles. The Labute approximate surface area is 165 Å². The number of nitrogens with zero attached hydrogens (tertiary/aromatic N) is 1. The number of carbonyl (C=O) groups excluding carboxylic acids is 1. The predicted octanol–water partition coefficient (Wildman–Crippen LogP) is 4.93. The van der Waals surface area contributed by atoms with Gasteiger partial charge in [-0.3, -0.25) is 4.79 Å². The molecular weight excluding hydrogens is 349 g/mol. The molecule has 1 amide bonds. The van der Waals surface area contributed by atoms with Crippen LogP contribution in [0.1, 0.15) is 47.0 Å². The van der Waals surface area contributed by atoms with Crippen LogP contribution < -0.4 is 10.6 Å². The fourth-order valence-corrected chi connectivity index (χ4v) is 7.67. The van der Waals surface area contributed by atoms with Gasteiger partial charge in [0.1, 0.15) is 0 Å². The van der Waals surface area contributed by atoms with E-state index in [1.165, 1.54) is 10.6 Å². The first-order chi connectivity index (χ1) is 13.0. The van der Waals surface area contributed by atoms with Crippen molar-refractivity contribution in [2.75, 3.05) is 0 Å². The molecule has 0 N–H and O–H groups in total. The van der Waals surface area contributed by atoms with Crippen molar-refractivity contribution in [3.05, 3.63) is 60.7 Å². The van der Waals surface area contributed by atoms with E-state index < -0.39 is 7.92 Å². The summed E-state index contributed by atoms with van der Waals surface area (Å²) in [6.45, 7) is 8.55. The average molecular weight is 382 g/mol. The number of hydrogen-bond donors (Lipinski definition) is 0. The maximum absolute atomic E-state index is 13.5. The minimum absolute atomic E-state index is 0.140. The lowest BCUT2D eigenvalue weighted by Crippen LogP contribution is -2.47. The van der Waals surface area contributed by atoms with Gasteiger partial charge < -0.3 is 4.90 Å². The van der Waals surface area contributed by atoms with Crippen molar-refractivity contribution in [1.82, 2.24) is 4.90 Å². The monoisotopic (exact) mass is 381 g/mol. The van der Waals surface area contributed by atoms with Crippen molar-refractivity contribution in [2.45, 2.75) is 64.7 Å². The molecule has 144 valence electrons. The molecule has 27 heavy (non-hydrogen) atoms. The standard InChI is InChI=1S/C24H32NOP/c1-18(2)25(19(3)4)24(26)22-16-11-17-23(22)27(20-12-7-5-8-13-20)21-14-9-6-10-15-21/h5-10,12-15,18-19,22-23H,11,16-17H2,1-4H3/t22?,23-/m0/s1. The van der Waals surface area contributed by atoms with Crippen molar-refractivity contribution in [1.29, 1.82) is 0 Å². The summed E-state index contributed by atoms with van der Waals surface area (Å²) in [6, 6.07) is 22.2. The molecule has 0 aliphatic heterocycles. The molecule has 3 rings (SSSR count). The SMILES string of the molecule is CC(C)N(C(=O)C1CCC[C@@H]1P(c1ccccc1)c1ccccc1)C(C)C. The summed E-state index contributed by atoms with van der Waals surface area (Å²) in [5.41, 5.74) is 0.428. The van der Waals surface area contributed by atoms with Crippen LogP contribution in [-0.2, 0) is 4.79 Å². The van der Waals surface area contributed by atoms with Gasteiger partial charge in [0.15, 0.2) is 0 Å². The van der Waals surface area contributed by atoms with E-state index in [0.29, 0.717) is 11.6 Å². The highest BCUT2D eigenvalue weighted by Gasteiger charge is 2.41. The second kappa shape index (κ2) is 9.02. The first kappa shape index (κ1) is 20.1. The fourth-order valence-electron chi connectivity index (χ4n) is 4.54. The predicted molar refractivity (Wildman–Crippen MR) is 117 cm³/mol. The molecule has 0 bridgehead atoms. The molecule has 1 aliphatic carbocycles. The third kappa shape index (κ3) is 4.43. The Bertz CT molecular complexity index is 681. The van der Waals surface area contributed by atoms with Gasteiger partial charge in [-0.25, -0.2) is 0 Å². The number of hydrogen-bond acceptors (Lipinski definition) is 1. The van der Waals surface area contributed by atoms with Gasteiger partial charge in [-0.1, -0.05) is 67.1 Å². The normalized spacial score (nSPS) is 19.8. The number of benzene rings is 2. The highest BCUT2D eigenvalue weighted by Crippen LogP contribution is 2.50. The smallest absolute Gasteiger partial charge is 0.226 e. The molecule has 3 heteroatoms. The van der Waals surface area contributed by atoms with E-state index >= 15 is 0 Å². The Morgan fingerprint density at radius 2 is 1.33 bits per heavy atom. The molecule has 1 unspecified atom stereocenters. The molecular formula is C24H32NOP. The lowest BCUT2D eigenvalue weighted by atomic mass is 10.0. The van der Waals surface area contributed by atoms with Crippen LogP contribution in [0, 0.1) is 5.92 Å². The Hall–Kier alpha value is -1.66. The second-order valence-electron chi connectivity index (χ2n) is 8.08. The van der Waals surface area contributed by atoms with E-state index in [2.05, 4.69) is 93.3 Å². The molecule has 0 radical (unpaired) electrons. The van der Waals surface area contributed by atoms with Gasteiger partial charge in [0, 0.05) is 18.0 Å². The van der Waals surface area contributed by atoms with E-state index in [4.69, 9.17) is 0 Å². The molecule has 2 aromatic rings. The fraction of sp³-hybridized carbons (Fsp3) is 0.458. The van der Waals surface area contributed by atoms with Crippen molar-refractivity contribution in [2.24, 2.45) is 5.92 Å². The van der Waals surface area contributed by atoms with Gasteiger partial charge in [-0.15, -0.1) is 0 Å². The van der Waals surface area contributed by atoms with Gasteiger partial charge in [0.05, 0.1) is 0 Å². The molecule has 2 nitrogen and oxygen atoms in total. The highest BCUT2D eigenvalue weighted by atomic mass is 31.1. The lowest BCUT2D eigenvalue weighted by molar-refractivity contribution is -0.138. The molecule has 0 spiro atoms. The van der Waals surface area contributed by atoms with Crippen molar-refractivity contribution in [3.63, 3.8) is 0 Å². The Morgan fingerprint density at radius 1 is 0.852 bits per heavy atom. The zero-order valence-electron chi connectivity index (χ0n) is 17.0. The summed E-state index contributed by atoms with van der Waals surface area (Å²) in [5, 5.41) is 2.79. The van der Waals surface area contributed by atoms with Gasteiger partial charge in [-0.05, 0) is 64.7 Å².